The minimum atomic E-state index is -0.366. The summed E-state index contributed by atoms with van der Waals surface area (Å²) in [5, 5.41) is 6.06. The third-order valence-electron chi connectivity index (χ3n) is 3.83. The SMILES string of the molecule is COC(=O)c1ccc(NC(=O)C(C)C2CNC2)cc1C.Cl. The first-order valence-electron chi connectivity index (χ1n) is 6.73. The van der Waals surface area contributed by atoms with Crippen molar-refractivity contribution in [2.75, 3.05) is 25.5 Å². The summed E-state index contributed by atoms with van der Waals surface area (Å²) < 4.78 is 4.70. The number of halogens is 1. The van der Waals surface area contributed by atoms with Crippen molar-refractivity contribution in [3.63, 3.8) is 0 Å². The molecule has 0 bridgehead atoms. The summed E-state index contributed by atoms with van der Waals surface area (Å²) in [7, 11) is 1.35. The van der Waals surface area contributed by atoms with Gasteiger partial charge in [-0.1, -0.05) is 6.92 Å². The van der Waals surface area contributed by atoms with Gasteiger partial charge in [0.05, 0.1) is 12.7 Å². The Bertz CT molecular complexity index is 530. The van der Waals surface area contributed by atoms with E-state index in [2.05, 4.69) is 10.6 Å². The average Bonchev–Trinajstić information content (AvgIpc) is 2.36. The minimum Gasteiger partial charge on any atom is -0.465 e. The van der Waals surface area contributed by atoms with Crippen LogP contribution in [0.5, 0.6) is 0 Å². The maximum Gasteiger partial charge on any atom is 0.338 e. The average molecular weight is 313 g/mol. The quantitative estimate of drug-likeness (QED) is 0.835. The summed E-state index contributed by atoms with van der Waals surface area (Å²) in [5.74, 6) is 0.0401. The molecule has 1 aromatic rings. The van der Waals surface area contributed by atoms with Crippen LogP contribution in [0, 0.1) is 18.8 Å². The second kappa shape index (κ2) is 7.43. The zero-order valence-corrected chi connectivity index (χ0v) is 13.3. The standard InChI is InChI=1S/C15H20N2O3.ClH/c1-9-6-12(4-5-13(9)15(19)20-3)17-14(18)10(2)11-7-16-8-11;/h4-6,10-11,16H,7-8H2,1-3H3,(H,17,18);1H. The number of hydrogen-bond acceptors (Lipinski definition) is 4. The molecule has 1 fully saturated rings. The van der Waals surface area contributed by atoms with Gasteiger partial charge >= 0.3 is 5.97 Å². The van der Waals surface area contributed by atoms with Crippen LogP contribution in [0.1, 0.15) is 22.8 Å². The van der Waals surface area contributed by atoms with Crippen LogP contribution in [0.3, 0.4) is 0 Å². The second-order valence-corrected chi connectivity index (χ2v) is 5.22. The summed E-state index contributed by atoms with van der Waals surface area (Å²) in [6.07, 6.45) is 0. The summed E-state index contributed by atoms with van der Waals surface area (Å²) in [4.78, 5) is 23.6. The third-order valence-corrected chi connectivity index (χ3v) is 3.83. The molecule has 116 valence electrons. The Morgan fingerprint density at radius 3 is 2.52 bits per heavy atom. The van der Waals surface area contributed by atoms with Crippen LogP contribution in [-0.2, 0) is 9.53 Å². The van der Waals surface area contributed by atoms with Crippen LogP contribution in [0.4, 0.5) is 5.69 Å². The molecular formula is C15H21ClN2O3. The largest absolute Gasteiger partial charge is 0.465 e. The monoisotopic (exact) mass is 312 g/mol. The van der Waals surface area contributed by atoms with E-state index < -0.39 is 0 Å². The molecule has 1 aliphatic heterocycles. The molecule has 21 heavy (non-hydrogen) atoms. The molecule has 0 spiro atoms. The van der Waals surface area contributed by atoms with Crippen molar-refractivity contribution in [1.82, 2.24) is 5.32 Å². The smallest absolute Gasteiger partial charge is 0.338 e. The number of benzene rings is 1. The number of esters is 1. The van der Waals surface area contributed by atoms with Crippen molar-refractivity contribution < 1.29 is 14.3 Å². The maximum absolute atomic E-state index is 12.1. The fourth-order valence-electron chi connectivity index (χ4n) is 2.22. The third kappa shape index (κ3) is 3.95. The Balaban J connectivity index is 0.00000220. The van der Waals surface area contributed by atoms with Crippen molar-refractivity contribution in [3.05, 3.63) is 29.3 Å². The Hall–Kier alpha value is -1.59. The predicted molar refractivity (Wildman–Crippen MR) is 83.9 cm³/mol. The molecule has 1 amide bonds. The van der Waals surface area contributed by atoms with Gasteiger partial charge in [-0.3, -0.25) is 4.79 Å². The predicted octanol–water partition coefficient (Wildman–Crippen LogP) is 2.00. The number of hydrogen-bond donors (Lipinski definition) is 2. The van der Waals surface area contributed by atoms with E-state index >= 15 is 0 Å². The van der Waals surface area contributed by atoms with E-state index in [0.29, 0.717) is 17.2 Å². The summed E-state index contributed by atoms with van der Waals surface area (Å²) in [6.45, 7) is 5.56. The van der Waals surface area contributed by atoms with Crippen LogP contribution < -0.4 is 10.6 Å². The molecule has 5 nitrogen and oxygen atoms in total. The Morgan fingerprint density at radius 2 is 2.05 bits per heavy atom. The van der Waals surface area contributed by atoms with Crippen LogP contribution in [-0.4, -0.2) is 32.1 Å². The van der Waals surface area contributed by atoms with E-state index in [-0.39, 0.29) is 30.2 Å². The lowest BCUT2D eigenvalue weighted by molar-refractivity contribution is -0.121. The molecule has 0 radical (unpaired) electrons. The van der Waals surface area contributed by atoms with E-state index in [1.165, 1.54) is 7.11 Å². The molecule has 0 aliphatic carbocycles. The van der Waals surface area contributed by atoms with Crippen molar-refractivity contribution in [3.8, 4) is 0 Å². The highest BCUT2D eigenvalue weighted by molar-refractivity contribution is 5.95. The fraction of sp³-hybridized carbons (Fsp3) is 0.467. The molecule has 2 rings (SSSR count). The number of aryl methyl sites for hydroxylation is 1. The van der Waals surface area contributed by atoms with Gasteiger partial charge in [0.2, 0.25) is 5.91 Å². The Labute approximate surface area is 130 Å². The minimum absolute atomic E-state index is 0. The van der Waals surface area contributed by atoms with Gasteiger partial charge in [-0.15, -0.1) is 12.4 Å². The number of nitrogens with one attached hydrogen (secondary N) is 2. The topological polar surface area (TPSA) is 67.4 Å². The van der Waals surface area contributed by atoms with Crippen molar-refractivity contribution in [2.45, 2.75) is 13.8 Å². The molecule has 1 heterocycles. The van der Waals surface area contributed by atoms with Crippen molar-refractivity contribution in [2.24, 2.45) is 11.8 Å². The van der Waals surface area contributed by atoms with Crippen LogP contribution >= 0.6 is 12.4 Å². The number of methoxy groups -OCH3 is 1. The molecule has 1 saturated heterocycles. The highest BCUT2D eigenvalue weighted by Gasteiger charge is 2.28. The first-order chi connectivity index (χ1) is 9.52. The molecule has 6 heteroatoms. The summed E-state index contributed by atoms with van der Waals surface area (Å²) in [6, 6.07) is 5.19. The first-order valence-corrected chi connectivity index (χ1v) is 6.73. The Kier molecular flexibility index (Phi) is 6.18. The maximum atomic E-state index is 12.1. The summed E-state index contributed by atoms with van der Waals surface area (Å²) in [5.41, 5.74) is 2.01. The molecule has 1 unspecified atom stereocenters. The van der Waals surface area contributed by atoms with Gasteiger partial charge in [0, 0.05) is 11.6 Å². The lowest BCUT2D eigenvalue weighted by atomic mass is 9.88. The molecule has 0 saturated carbocycles. The van der Waals surface area contributed by atoms with Crippen LogP contribution in [0.15, 0.2) is 18.2 Å². The highest BCUT2D eigenvalue weighted by atomic mass is 35.5. The zero-order chi connectivity index (χ0) is 14.7. The zero-order valence-electron chi connectivity index (χ0n) is 12.4. The highest BCUT2D eigenvalue weighted by Crippen LogP contribution is 2.20. The van der Waals surface area contributed by atoms with Crippen molar-refractivity contribution >= 4 is 30.0 Å². The molecule has 0 aromatic heterocycles. The van der Waals surface area contributed by atoms with Gasteiger partial charge in [0.25, 0.3) is 0 Å². The van der Waals surface area contributed by atoms with Crippen LogP contribution in [0.25, 0.3) is 0 Å². The van der Waals surface area contributed by atoms with E-state index in [4.69, 9.17) is 4.74 Å². The van der Waals surface area contributed by atoms with Gasteiger partial charge in [-0.25, -0.2) is 4.79 Å². The first kappa shape index (κ1) is 17.5. The molecule has 1 aromatic carbocycles. The number of anilines is 1. The normalized spacial score (nSPS) is 15.4. The van der Waals surface area contributed by atoms with Crippen LogP contribution in [0.2, 0.25) is 0 Å². The number of carbonyl (C=O) groups is 2. The van der Waals surface area contributed by atoms with E-state index in [0.717, 1.165) is 18.7 Å². The number of carbonyl (C=O) groups excluding carboxylic acids is 2. The van der Waals surface area contributed by atoms with Crippen molar-refractivity contribution in [1.29, 1.82) is 0 Å². The van der Waals surface area contributed by atoms with E-state index in [1.54, 1.807) is 18.2 Å². The molecular weight excluding hydrogens is 292 g/mol. The summed E-state index contributed by atoms with van der Waals surface area (Å²) >= 11 is 0. The number of rotatable bonds is 4. The van der Waals surface area contributed by atoms with E-state index in [9.17, 15) is 9.59 Å². The molecule has 1 aliphatic rings. The fourth-order valence-corrected chi connectivity index (χ4v) is 2.22. The molecule has 2 N–H and O–H groups in total. The second-order valence-electron chi connectivity index (χ2n) is 5.22. The lowest BCUT2D eigenvalue weighted by Crippen LogP contribution is -2.48. The lowest BCUT2D eigenvalue weighted by Gasteiger charge is -2.31. The Morgan fingerprint density at radius 1 is 1.38 bits per heavy atom. The van der Waals surface area contributed by atoms with Gasteiger partial charge in [-0.2, -0.15) is 0 Å². The van der Waals surface area contributed by atoms with Gasteiger partial charge in [-0.05, 0) is 49.7 Å². The van der Waals surface area contributed by atoms with Gasteiger partial charge < -0.3 is 15.4 Å². The van der Waals surface area contributed by atoms with Gasteiger partial charge in [0.15, 0.2) is 0 Å². The number of ether oxygens (including phenoxy) is 1. The molecule has 1 atom stereocenters. The van der Waals surface area contributed by atoms with E-state index in [1.807, 2.05) is 13.8 Å². The number of amides is 1. The van der Waals surface area contributed by atoms with Gasteiger partial charge in [0.1, 0.15) is 0 Å².